The van der Waals surface area contributed by atoms with Crippen molar-refractivity contribution in [1.82, 2.24) is 4.90 Å². The van der Waals surface area contributed by atoms with E-state index in [2.05, 4.69) is 0 Å². The number of rotatable bonds is 4. The first-order chi connectivity index (χ1) is 14.5. The molecule has 2 aromatic carbocycles. The number of ketones is 1. The zero-order valence-corrected chi connectivity index (χ0v) is 17.4. The van der Waals surface area contributed by atoms with E-state index in [-0.39, 0.29) is 17.4 Å². The third-order valence-corrected chi connectivity index (χ3v) is 6.23. The summed E-state index contributed by atoms with van der Waals surface area (Å²) in [5.74, 6) is -0.553. The van der Waals surface area contributed by atoms with Crippen LogP contribution < -0.4 is 4.74 Å². The summed E-state index contributed by atoms with van der Waals surface area (Å²) in [7, 11) is 1.59. The van der Waals surface area contributed by atoms with Gasteiger partial charge in [-0.3, -0.25) is 9.59 Å². The van der Waals surface area contributed by atoms with Crippen LogP contribution in [0.5, 0.6) is 5.75 Å². The van der Waals surface area contributed by atoms with Crippen molar-refractivity contribution in [3.05, 3.63) is 70.8 Å². The van der Waals surface area contributed by atoms with E-state index in [1.54, 1.807) is 30.2 Å². The molecule has 0 spiro atoms. The van der Waals surface area contributed by atoms with E-state index in [1.165, 1.54) is 0 Å². The standard InChI is InChI=1S/C25H27NO4/c1-16-15-18(13-14-20(16)30-2)23(27)21-22(17-9-5-3-6-10-17)26(25(29)24(21)28)19-11-7-4-8-12-19/h3,5-6,9-10,13-15,19,22,27H,4,7-8,11-12H2,1-2H3/b23-21-. The van der Waals surface area contributed by atoms with Crippen molar-refractivity contribution < 1.29 is 19.4 Å². The zero-order valence-electron chi connectivity index (χ0n) is 17.4. The van der Waals surface area contributed by atoms with Gasteiger partial charge in [0.25, 0.3) is 11.7 Å². The molecule has 2 aromatic rings. The summed E-state index contributed by atoms with van der Waals surface area (Å²) < 4.78 is 5.30. The fraction of sp³-hybridized carbons (Fsp3) is 0.360. The normalized spacial score (nSPS) is 21.8. The fourth-order valence-electron chi connectivity index (χ4n) is 4.73. The number of carbonyl (C=O) groups is 2. The van der Waals surface area contributed by atoms with Crippen molar-refractivity contribution in [1.29, 1.82) is 0 Å². The lowest BCUT2D eigenvalue weighted by atomic mass is 9.91. The number of hydrogen-bond donors (Lipinski definition) is 1. The van der Waals surface area contributed by atoms with Crippen molar-refractivity contribution in [2.45, 2.75) is 51.1 Å². The van der Waals surface area contributed by atoms with E-state index in [0.29, 0.717) is 11.3 Å². The number of aliphatic hydroxyl groups excluding tert-OH is 1. The molecule has 30 heavy (non-hydrogen) atoms. The van der Waals surface area contributed by atoms with Crippen LogP contribution in [0.15, 0.2) is 54.1 Å². The van der Waals surface area contributed by atoms with Gasteiger partial charge in [-0.15, -0.1) is 0 Å². The van der Waals surface area contributed by atoms with Crippen molar-refractivity contribution >= 4 is 17.4 Å². The molecular formula is C25H27NO4. The molecule has 1 N–H and O–H groups in total. The van der Waals surface area contributed by atoms with E-state index >= 15 is 0 Å². The highest BCUT2D eigenvalue weighted by Gasteiger charge is 2.48. The number of ether oxygens (including phenoxy) is 1. The molecule has 1 saturated heterocycles. The van der Waals surface area contributed by atoms with Gasteiger partial charge in [-0.05, 0) is 49.1 Å². The molecule has 5 nitrogen and oxygen atoms in total. The van der Waals surface area contributed by atoms with Gasteiger partial charge in [0.05, 0.1) is 18.7 Å². The van der Waals surface area contributed by atoms with Gasteiger partial charge >= 0.3 is 0 Å². The number of aliphatic hydroxyl groups is 1. The minimum Gasteiger partial charge on any atom is -0.507 e. The molecule has 0 radical (unpaired) electrons. The summed E-state index contributed by atoms with van der Waals surface area (Å²) in [6.07, 6.45) is 5.03. The van der Waals surface area contributed by atoms with E-state index in [9.17, 15) is 14.7 Å². The van der Waals surface area contributed by atoms with Crippen LogP contribution in [0.4, 0.5) is 0 Å². The summed E-state index contributed by atoms with van der Waals surface area (Å²) in [5, 5.41) is 11.2. The molecule has 2 fully saturated rings. The number of amides is 1. The average molecular weight is 405 g/mol. The van der Waals surface area contributed by atoms with Crippen LogP contribution in [0.3, 0.4) is 0 Å². The van der Waals surface area contributed by atoms with Gasteiger partial charge < -0.3 is 14.7 Å². The molecule has 1 heterocycles. The minimum atomic E-state index is -0.611. The lowest BCUT2D eigenvalue weighted by Gasteiger charge is -2.35. The van der Waals surface area contributed by atoms with Crippen molar-refractivity contribution in [2.75, 3.05) is 7.11 Å². The van der Waals surface area contributed by atoms with Crippen LogP contribution in [0.2, 0.25) is 0 Å². The van der Waals surface area contributed by atoms with Gasteiger partial charge in [-0.25, -0.2) is 0 Å². The van der Waals surface area contributed by atoms with Crippen LogP contribution in [-0.2, 0) is 9.59 Å². The first-order valence-corrected chi connectivity index (χ1v) is 10.5. The third-order valence-electron chi connectivity index (χ3n) is 6.23. The van der Waals surface area contributed by atoms with Gasteiger partial charge in [-0.2, -0.15) is 0 Å². The summed E-state index contributed by atoms with van der Waals surface area (Å²) in [5.41, 5.74) is 2.37. The first-order valence-electron chi connectivity index (χ1n) is 10.5. The Morgan fingerprint density at radius 2 is 1.73 bits per heavy atom. The second-order valence-corrected chi connectivity index (χ2v) is 8.09. The minimum absolute atomic E-state index is 0.0170. The Morgan fingerprint density at radius 3 is 2.37 bits per heavy atom. The number of carbonyl (C=O) groups excluding carboxylic acids is 2. The molecule has 1 aliphatic carbocycles. The Hall–Kier alpha value is -3.08. The molecule has 0 aromatic heterocycles. The van der Waals surface area contributed by atoms with Crippen molar-refractivity contribution in [3.8, 4) is 5.75 Å². The van der Waals surface area contributed by atoms with Crippen LogP contribution in [0, 0.1) is 6.92 Å². The molecule has 5 heteroatoms. The quantitative estimate of drug-likeness (QED) is 0.453. The monoisotopic (exact) mass is 405 g/mol. The Kier molecular flexibility index (Phi) is 5.62. The van der Waals surface area contributed by atoms with Crippen molar-refractivity contribution in [3.63, 3.8) is 0 Å². The van der Waals surface area contributed by atoms with Gasteiger partial charge in [0, 0.05) is 11.6 Å². The van der Waals surface area contributed by atoms with Crippen molar-refractivity contribution in [2.24, 2.45) is 0 Å². The van der Waals surface area contributed by atoms with Gasteiger partial charge in [0.2, 0.25) is 0 Å². The number of benzene rings is 2. The Bertz CT molecular complexity index is 989. The highest BCUT2D eigenvalue weighted by molar-refractivity contribution is 6.46. The van der Waals surface area contributed by atoms with Gasteiger partial charge in [-0.1, -0.05) is 49.6 Å². The molecule has 0 bridgehead atoms. The maximum Gasteiger partial charge on any atom is 0.295 e. The number of likely N-dealkylation sites (tertiary alicyclic amines) is 1. The Labute approximate surface area is 177 Å². The predicted molar refractivity (Wildman–Crippen MR) is 115 cm³/mol. The first kappa shape index (κ1) is 20.2. The molecule has 1 unspecified atom stereocenters. The summed E-state index contributed by atoms with van der Waals surface area (Å²) >= 11 is 0. The highest BCUT2D eigenvalue weighted by atomic mass is 16.5. The largest absolute Gasteiger partial charge is 0.507 e. The molecule has 1 saturated carbocycles. The number of Topliss-reactive ketones (excluding diaryl/α,β-unsaturated/α-hetero) is 1. The summed E-state index contributed by atoms with van der Waals surface area (Å²) in [4.78, 5) is 28.0. The molecule has 4 rings (SSSR count). The van der Waals surface area contributed by atoms with E-state index < -0.39 is 17.7 Å². The van der Waals surface area contributed by atoms with E-state index in [0.717, 1.165) is 43.2 Å². The number of hydrogen-bond acceptors (Lipinski definition) is 4. The van der Waals surface area contributed by atoms with Crippen LogP contribution in [0.25, 0.3) is 5.76 Å². The SMILES string of the molecule is COc1ccc(/C(O)=C2/C(=O)C(=O)N(C3CCCCC3)C2c2ccccc2)cc1C. The van der Waals surface area contributed by atoms with Crippen LogP contribution >= 0.6 is 0 Å². The maximum atomic E-state index is 13.1. The molecule has 1 amide bonds. The lowest BCUT2D eigenvalue weighted by Crippen LogP contribution is -2.40. The molecule has 1 atom stereocenters. The van der Waals surface area contributed by atoms with E-state index in [4.69, 9.17) is 4.74 Å². The second kappa shape index (κ2) is 8.34. The lowest BCUT2D eigenvalue weighted by molar-refractivity contribution is -0.141. The Balaban J connectivity index is 1.85. The molecule has 1 aliphatic heterocycles. The fourth-order valence-corrected chi connectivity index (χ4v) is 4.73. The number of aryl methyl sites for hydroxylation is 1. The average Bonchev–Trinajstić information content (AvgIpc) is 3.05. The Morgan fingerprint density at radius 1 is 1.03 bits per heavy atom. The zero-order chi connectivity index (χ0) is 21.3. The smallest absolute Gasteiger partial charge is 0.295 e. The number of methoxy groups -OCH3 is 1. The molecular weight excluding hydrogens is 378 g/mol. The number of nitrogens with zero attached hydrogens (tertiary/aromatic N) is 1. The molecule has 156 valence electrons. The third kappa shape index (κ3) is 3.49. The van der Waals surface area contributed by atoms with Gasteiger partial charge in [0.1, 0.15) is 11.5 Å². The van der Waals surface area contributed by atoms with E-state index in [1.807, 2.05) is 37.3 Å². The highest BCUT2D eigenvalue weighted by Crippen LogP contribution is 2.43. The predicted octanol–water partition coefficient (Wildman–Crippen LogP) is 4.76. The second-order valence-electron chi connectivity index (χ2n) is 8.09. The summed E-state index contributed by atoms with van der Waals surface area (Å²) in [6.45, 7) is 1.88. The maximum absolute atomic E-state index is 13.1. The van der Waals surface area contributed by atoms with Crippen LogP contribution in [-0.4, -0.2) is 34.8 Å². The van der Waals surface area contributed by atoms with Gasteiger partial charge in [0.15, 0.2) is 0 Å². The van der Waals surface area contributed by atoms with Crippen LogP contribution in [0.1, 0.15) is 54.8 Å². The topological polar surface area (TPSA) is 66.8 Å². The molecule has 2 aliphatic rings. The summed E-state index contributed by atoms with van der Waals surface area (Å²) in [6, 6.07) is 14.2.